The van der Waals surface area contributed by atoms with E-state index in [1.807, 2.05) is 0 Å². The van der Waals surface area contributed by atoms with E-state index in [2.05, 4.69) is 0 Å². The third-order valence-electron chi connectivity index (χ3n) is 4.07. The zero-order chi connectivity index (χ0) is 17.2. The summed E-state index contributed by atoms with van der Waals surface area (Å²) >= 11 is 0. The largest absolute Gasteiger partial charge is 0.456 e. The highest BCUT2D eigenvalue weighted by Crippen LogP contribution is 2.46. The fourth-order valence-electron chi connectivity index (χ4n) is 3.22. The number of cyclic esters (lactones) is 1. The second-order valence-electron chi connectivity index (χ2n) is 6.85. The van der Waals surface area contributed by atoms with Gasteiger partial charge in [-0.05, 0) is 27.7 Å². The normalized spacial score (nSPS) is 42.4. The molecular formula is C14H19F3O6. The molecule has 23 heavy (non-hydrogen) atoms. The summed E-state index contributed by atoms with van der Waals surface area (Å²) in [5, 5.41) is 0. The average molecular weight is 340 g/mol. The fourth-order valence-corrected chi connectivity index (χ4v) is 3.22. The number of halogens is 3. The van der Waals surface area contributed by atoms with E-state index in [4.69, 9.17) is 23.7 Å². The molecule has 6 nitrogen and oxygen atoms in total. The second kappa shape index (κ2) is 5.05. The van der Waals surface area contributed by atoms with Crippen molar-refractivity contribution in [3.63, 3.8) is 0 Å². The minimum Gasteiger partial charge on any atom is -0.456 e. The molecule has 3 aliphatic rings. The Hall–Kier alpha value is -0.900. The van der Waals surface area contributed by atoms with Gasteiger partial charge in [-0.2, -0.15) is 13.2 Å². The number of ether oxygens (including phenoxy) is 5. The molecule has 3 aliphatic heterocycles. The van der Waals surface area contributed by atoms with Crippen LogP contribution in [-0.4, -0.2) is 54.7 Å². The minimum atomic E-state index is -4.78. The van der Waals surface area contributed by atoms with Gasteiger partial charge in [-0.3, -0.25) is 4.79 Å². The lowest BCUT2D eigenvalue weighted by atomic mass is 9.89. The van der Waals surface area contributed by atoms with Crippen LogP contribution in [0, 0.1) is 5.92 Å². The molecular weight excluding hydrogens is 321 g/mol. The van der Waals surface area contributed by atoms with Crippen LogP contribution in [-0.2, 0) is 28.5 Å². The molecule has 0 aromatic heterocycles. The van der Waals surface area contributed by atoms with Crippen molar-refractivity contribution in [2.75, 3.05) is 6.61 Å². The fraction of sp³-hybridized carbons (Fsp3) is 0.929. The van der Waals surface area contributed by atoms with Crippen LogP contribution >= 0.6 is 0 Å². The summed E-state index contributed by atoms with van der Waals surface area (Å²) in [6.07, 6.45) is -9.05. The van der Waals surface area contributed by atoms with Crippen molar-refractivity contribution < 1.29 is 41.7 Å². The molecule has 0 spiro atoms. The van der Waals surface area contributed by atoms with Gasteiger partial charge in [0, 0.05) is 0 Å². The Balaban J connectivity index is 1.89. The Kier molecular flexibility index (Phi) is 3.72. The van der Waals surface area contributed by atoms with Gasteiger partial charge in [0.2, 0.25) is 0 Å². The summed E-state index contributed by atoms with van der Waals surface area (Å²) in [6, 6.07) is 0. The van der Waals surface area contributed by atoms with E-state index in [9.17, 15) is 18.0 Å². The predicted molar refractivity (Wildman–Crippen MR) is 68.2 cm³/mol. The van der Waals surface area contributed by atoms with Gasteiger partial charge in [-0.1, -0.05) is 0 Å². The van der Waals surface area contributed by atoms with E-state index >= 15 is 0 Å². The Labute approximate surface area is 131 Å². The molecule has 0 amide bonds. The average Bonchev–Trinajstić information content (AvgIpc) is 2.84. The van der Waals surface area contributed by atoms with Crippen LogP contribution in [0.15, 0.2) is 0 Å². The monoisotopic (exact) mass is 340 g/mol. The van der Waals surface area contributed by atoms with Gasteiger partial charge >= 0.3 is 12.1 Å². The van der Waals surface area contributed by atoms with Gasteiger partial charge in [-0.15, -0.1) is 0 Å². The first kappa shape index (κ1) is 16.9. The summed E-state index contributed by atoms with van der Waals surface area (Å²) in [5.41, 5.74) is 0. The van der Waals surface area contributed by atoms with Crippen molar-refractivity contribution in [2.24, 2.45) is 5.92 Å². The van der Waals surface area contributed by atoms with Crippen LogP contribution in [0.3, 0.4) is 0 Å². The summed E-state index contributed by atoms with van der Waals surface area (Å²) in [4.78, 5) is 11.9. The Morgan fingerprint density at radius 2 is 1.57 bits per heavy atom. The first-order chi connectivity index (χ1) is 10.4. The first-order valence-electron chi connectivity index (χ1n) is 7.34. The van der Waals surface area contributed by atoms with Gasteiger partial charge in [0.25, 0.3) is 0 Å². The molecule has 3 rings (SSSR count). The summed E-state index contributed by atoms with van der Waals surface area (Å²) in [6.45, 7) is 6.42. The topological polar surface area (TPSA) is 63.2 Å². The quantitative estimate of drug-likeness (QED) is 0.678. The van der Waals surface area contributed by atoms with E-state index in [0.717, 1.165) is 0 Å². The summed E-state index contributed by atoms with van der Waals surface area (Å²) < 4.78 is 66.7. The molecule has 3 fully saturated rings. The Morgan fingerprint density at radius 3 is 2.09 bits per heavy atom. The van der Waals surface area contributed by atoms with Crippen LogP contribution in [0.1, 0.15) is 27.7 Å². The first-order valence-corrected chi connectivity index (χ1v) is 7.34. The number of hydrogen-bond acceptors (Lipinski definition) is 6. The van der Waals surface area contributed by atoms with Crippen LogP contribution in [0.2, 0.25) is 0 Å². The third-order valence-corrected chi connectivity index (χ3v) is 4.07. The number of hydrogen-bond donors (Lipinski definition) is 0. The number of fused-ring (bicyclic) bond motifs is 1. The zero-order valence-corrected chi connectivity index (χ0v) is 13.2. The highest BCUT2D eigenvalue weighted by Gasteiger charge is 2.65. The Bertz CT molecular complexity index is 503. The molecule has 0 aliphatic carbocycles. The third kappa shape index (κ3) is 3.07. The highest BCUT2D eigenvalue weighted by atomic mass is 19.4. The number of esters is 1. The highest BCUT2D eigenvalue weighted by molar-refractivity contribution is 5.75. The molecule has 0 N–H and O–H groups in total. The van der Waals surface area contributed by atoms with Gasteiger partial charge in [0.1, 0.15) is 18.3 Å². The van der Waals surface area contributed by atoms with Crippen LogP contribution in [0.25, 0.3) is 0 Å². The van der Waals surface area contributed by atoms with Gasteiger partial charge in [0.05, 0.1) is 6.61 Å². The maximum atomic E-state index is 13.2. The standard InChI is InChI=1S/C14H19F3O6/c1-12(2)19-5-6(21-12)8-10-9(22-13(3,4)23-10)7(11(18)20-8)14(15,16)17/h6-10H,5H2,1-4H3/t6-,7+,8-,9-,10+/m1/s1. The smallest absolute Gasteiger partial charge is 0.404 e. The van der Waals surface area contributed by atoms with E-state index in [1.54, 1.807) is 13.8 Å². The number of carbonyl (C=O) groups is 1. The van der Waals surface area contributed by atoms with Gasteiger partial charge in [0.15, 0.2) is 23.6 Å². The minimum absolute atomic E-state index is 0.0919. The van der Waals surface area contributed by atoms with Crippen molar-refractivity contribution in [3.8, 4) is 0 Å². The van der Waals surface area contributed by atoms with Crippen molar-refractivity contribution in [2.45, 2.75) is 69.9 Å². The molecule has 0 aromatic rings. The lowest BCUT2D eigenvalue weighted by Crippen LogP contribution is -2.59. The molecule has 132 valence electrons. The molecule has 5 atom stereocenters. The lowest BCUT2D eigenvalue weighted by Gasteiger charge is -2.38. The van der Waals surface area contributed by atoms with E-state index in [-0.39, 0.29) is 6.61 Å². The molecule has 9 heteroatoms. The summed E-state index contributed by atoms with van der Waals surface area (Å²) in [7, 11) is 0. The number of alkyl halides is 3. The summed E-state index contributed by atoms with van der Waals surface area (Å²) in [5.74, 6) is -5.90. The van der Waals surface area contributed by atoms with Gasteiger partial charge in [-0.25, -0.2) is 0 Å². The molecule has 0 aromatic carbocycles. The molecule has 0 unspecified atom stereocenters. The molecule has 3 heterocycles. The van der Waals surface area contributed by atoms with Crippen molar-refractivity contribution >= 4 is 5.97 Å². The van der Waals surface area contributed by atoms with E-state index < -0.39 is 54.1 Å². The van der Waals surface area contributed by atoms with E-state index in [0.29, 0.717) is 0 Å². The maximum absolute atomic E-state index is 13.2. The van der Waals surface area contributed by atoms with Crippen LogP contribution in [0.4, 0.5) is 13.2 Å². The second-order valence-corrected chi connectivity index (χ2v) is 6.85. The van der Waals surface area contributed by atoms with Crippen LogP contribution < -0.4 is 0 Å². The van der Waals surface area contributed by atoms with Gasteiger partial charge < -0.3 is 23.7 Å². The predicted octanol–water partition coefficient (Wildman–Crippen LogP) is 1.76. The van der Waals surface area contributed by atoms with Crippen molar-refractivity contribution in [1.82, 2.24) is 0 Å². The molecule has 0 saturated carbocycles. The SMILES string of the molecule is CC1(C)O[C@@H]2[C@H](O1)[C@H](C(F)(F)F)C(=O)O[C@@H]2[C@H]1COC(C)(C)O1. The number of carbonyl (C=O) groups excluding carboxylic acids is 1. The van der Waals surface area contributed by atoms with Crippen LogP contribution in [0.5, 0.6) is 0 Å². The zero-order valence-electron chi connectivity index (χ0n) is 13.2. The number of rotatable bonds is 1. The molecule has 0 bridgehead atoms. The maximum Gasteiger partial charge on any atom is 0.404 e. The van der Waals surface area contributed by atoms with Crippen molar-refractivity contribution in [1.29, 1.82) is 0 Å². The van der Waals surface area contributed by atoms with Crippen molar-refractivity contribution in [3.05, 3.63) is 0 Å². The Morgan fingerprint density at radius 1 is 0.957 bits per heavy atom. The lowest BCUT2D eigenvalue weighted by molar-refractivity contribution is -0.247. The molecule has 0 radical (unpaired) electrons. The van der Waals surface area contributed by atoms with E-state index in [1.165, 1.54) is 13.8 Å². The molecule has 3 saturated heterocycles.